The summed E-state index contributed by atoms with van der Waals surface area (Å²) < 4.78 is 0. The summed E-state index contributed by atoms with van der Waals surface area (Å²) in [5.74, 6) is 1.19. The van der Waals surface area contributed by atoms with Crippen molar-refractivity contribution >= 4 is 5.91 Å². The summed E-state index contributed by atoms with van der Waals surface area (Å²) in [5, 5.41) is 6.60. The predicted molar refractivity (Wildman–Crippen MR) is 109 cm³/mol. The summed E-state index contributed by atoms with van der Waals surface area (Å²) >= 11 is 0. The van der Waals surface area contributed by atoms with Gasteiger partial charge in [-0.15, -0.1) is 0 Å². The molecular formula is C23H34N2O. The standard InChI is InChI=1S/C23H34N2O/c26-23(25-22-16-17-24-18-22)21-14-8-6-12-20(13-7-9-15-21)19-10-4-2-1-3-5-11-19/h1-5,10-11,20-22,24H,6-9,12-18H2,(H,25,26)/b2-1-,3-1?,4-2?,5-3-,10-4-,11-5?,19-10?,19-11+/t20?,21?,22-/m1/s1. The Labute approximate surface area is 158 Å². The summed E-state index contributed by atoms with van der Waals surface area (Å²) in [4.78, 5) is 12.6. The zero-order chi connectivity index (χ0) is 18.0. The van der Waals surface area contributed by atoms with E-state index in [-0.39, 0.29) is 5.92 Å². The third-order valence-electron chi connectivity index (χ3n) is 5.98. The quantitative estimate of drug-likeness (QED) is 0.787. The van der Waals surface area contributed by atoms with Gasteiger partial charge in [-0.1, -0.05) is 68.2 Å². The van der Waals surface area contributed by atoms with Crippen molar-refractivity contribution in [1.29, 1.82) is 0 Å². The van der Waals surface area contributed by atoms with Crippen molar-refractivity contribution in [2.45, 2.75) is 63.8 Å². The zero-order valence-electron chi connectivity index (χ0n) is 16.0. The minimum absolute atomic E-state index is 0.223. The van der Waals surface area contributed by atoms with Crippen molar-refractivity contribution in [2.75, 3.05) is 13.1 Å². The Morgan fingerprint density at radius 3 is 2.31 bits per heavy atom. The van der Waals surface area contributed by atoms with Gasteiger partial charge < -0.3 is 10.6 Å². The molecule has 0 bridgehead atoms. The second-order valence-electron chi connectivity index (χ2n) is 7.96. The Balaban J connectivity index is 1.50. The molecule has 0 spiro atoms. The fraction of sp³-hybridized carbons (Fsp3) is 0.609. The molecule has 0 aromatic heterocycles. The van der Waals surface area contributed by atoms with E-state index >= 15 is 0 Å². The summed E-state index contributed by atoms with van der Waals surface area (Å²) in [6, 6.07) is 0.349. The number of rotatable bonds is 3. The maximum absolute atomic E-state index is 12.6. The first-order valence-corrected chi connectivity index (χ1v) is 10.6. The third-order valence-corrected chi connectivity index (χ3v) is 5.98. The Kier molecular flexibility index (Phi) is 7.75. The zero-order valence-corrected chi connectivity index (χ0v) is 16.0. The lowest BCUT2D eigenvalue weighted by Crippen LogP contribution is -2.40. The lowest BCUT2D eigenvalue weighted by atomic mass is 9.83. The third kappa shape index (κ3) is 5.98. The van der Waals surface area contributed by atoms with Gasteiger partial charge in [-0.3, -0.25) is 4.79 Å². The topological polar surface area (TPSA) is 41.1 Å². The van der Waals surface area contributed by atoms with E-state index in [1.807, 2.05) is 0 Å². The first-order valence-electron chi connectivity index (χ1n) is 10.6. The fourth-order valence-electron chi connectivity index (χ4n) is 4.40. The lowest BCUT2D eigenvalue weighted by molar-refractivity contribution is -0.126. The van der Waals surface area contributed by atoms with E-state index in [1.165, 1.54) is 44.1 Å². The van der Waals surface area contributed by atoms with E-state index < -0.39 is 0 Å². The summed E-state index contributed by atoms with van der Waals surface area (Å²) in [6.45, 7) is 1.97. The SMILES string of the molecule is O=C(N[C@@H]1CCNC1)C1CCCCC(C2=C/C=C\C=C/C=C\2)CCCC1. The second kappa shape index (κ2) is 10.5. The van der Waals surface area contributed by atoms with E-state index in [0.29, 0.717) is 17.9 Å². The molecule has 3 aliphatic rings. The maximum atomic E-state index is 12.6. The average Bonchev–Trinajstić information content (AvgIpc) is 3.12. The first-order chi connectivity index (χ1) is 12.8. The van der Waals surface area contributed by atoms with Crippen LogP contribution in [0.5, 0.6) is 0 Å². The number of hydrogen-bond donors (Lipinski definition) is 2. The van der Waals surface area contributed by atoms with Crippen molar-refractivity contribution in [3.05, 3.63) is 48.1 Å². The Hall–Kier alpha value is -1.61. The highest BCUT2D eigenvalue weighted by Crippen LogP contribution is 2.30. The average molecular weight is 355 g/mol. The molecule has 0 aromatic rings. The summed E-state index contributed by atoms with van der Waals surface area (Å²) in [5.41, 5.74) is 1.47. The molecule has 3 rings (SSSR count). The normalized spacial score (nSPS) is 36.0. The fourth-order valence-corrected chi connectivity index (χ4v) is 4.40. The van der Waals surface area contributed by atoms with E-state index in [0.717, 1.165) is 32.4 Å². The van der Waals surface area contributed by atoms with Gasteiger partial charge in [0.25, 0.3) is 0 Å². The lowest BCUT2D eigenvalue weighted by Gasteiger charge is -2.24. The largest absolute Gasteiger partial charge is 0.352 e. The monoisotopic (exact) mass is 354 g/mol. The number of nitrogens with one attached hydrogen (secondary N) is 2. The van der Waals surface area contributed by atoms with Crippen LogP contribution in [0.15, 0.2) is 48.1 Å². The van der Waals surface area contributed by atoms with Crippen LogP contribution in [0.4, 0.5) is 0 Å². The molecule has 1 heterocycles. The van der Waals surface area contributed by atoms with Gasteiger partial charge in [0.15, 0.2) is 0 Å². The van der Waals surface area contributed by atoms with E-state index in [4.69, 9.17) is 0 Å². The molecule has 1 aliphatic heterocycles. The van der Waals surface area contributed by atoms with Gasteiger partial charge in [0.1, 0.15) is 0 Å². The van der Waals surface area contributed by atoms with Crippen LogP contribution < -0.4 is 10.6 Å². The maximum Gasteiger partial charge on any atom is 0.223 e. The molecule has 2 aliphatic carbocycles. The summed E-state index contributed by atoms with van der Waals surface area (Å²) in [6.07, 6.45) is 25.6. The highest BCUT2D eigenvalue weighted by Gasteiger charge is 2.24. The highest BCUT2D eigenvalue weighted by molar-refractivity contribution is 5.79. The molecule has 2 fully saturated rings. The van der Waals surface area contributed by atoms with Crippen LogP contribution in [-0.2, 0) is 4.79 Å². The Bertz CT molecular complexity index is 555. The Morgan fingerprint density at radius 2 is 1.58 bits per heavy atom. The van der Waals surface area contributed by atoms with Gasteiger partial charge in [-0.05, 0) is 50.1 Å². The minimum Gasteiger partial charge on any atom is -0.352 e. The van der Waals surface area contributed by atoms with Crippen molar-refractivity contribution in [2.24, 2.45) is 11.8 Å². The van der Waals surface area contributed by atoms with Crippen molar-refractivity contribution < 1.29 is 4.79 Å². The van der Waals surface area contributed by atoms with Crippen LogP contribution >= 0.6 is 0 Å². The molecule has 3 nitrogen and oxygen atoms in total. The predicted octanol–water partition coefficient (Wildman–Crippen LogP) is 4.44. The molecule has 1 atom stereocenters. The Morgan fingerprint density at radius 1 is 0.885 bits per heavy atom. The minimum atomic E-state index is 0.223. The molecule has 3 heteroatoms. The number of allylic oxidation sites excluding steroid dienone is 8. The molecule has 0 aromatic carbocycles. The van der Waals surface area contributed by atoms with E-state index in [9.17, 15) is 4.79 Å². The van der Waals surface area contributed by atoms with Crippen molar-refractivity contribution in [3.63, 3.8) is 0 Å². The number of carbonyl (C=O) groups excluding carboxylic acids is 1. The second-order valence-corrected chi connectivity index (χ2v) is 7.96. The molecular weight excluding hydrogens is 320 g/mol. The molecule has 142 valence electrons. The van der Waals surface area contributed by atoms with Crippen LogP contribution in [0.25, 0.3) is 0 Å². The van der Waals surface area contributed by atoms with E-state index in [2.05, 4.69) is 53.2 Å². The van der Waals surface area contributed by atoms with Gasteiger partial charge in [0.2, 0.25) is 5.91 Å². The number of amides is 1. The molecule has 1 saturated heterocycles. The van der Waals surface area contributed by atoms with Crippen molar-refractivity contribution in [3.8, 4) is 0 Å². The molecule has 1 amide bonds. The summed E-state index contributed by atoms with van der Waals surface area (Å²) in [7, 11) is 0. The number of hydrogen-bond acceptors (Lipinski definition) is 2. The van der Waals surface area contributed by atoms with Crippen LogP contribution in [0.1, 0.15) is 57.8 Å². The van der Waals surface area contributed by atoms with Gasteiger partial charge >= 0.3 is 0 Å². The first kappa shape index (κ1) is 19.2. The molecule has 1 saturated carbocycles. The van der Waals surface area contributed by atoms with Gasteiger partial charge in [-0.25, -0.2) is 0 Å². The molecule has 2 N–H and O–H groups in total. The van der Waals surface area contributed by atoms with Crippen LogP contribution in [0.3, 0.4) is 0 Å². The van der Waals surface area contributed by atoms with Crippen LogP contribution in [0.2, 0.25) is 0 Å². The van der Waals surface area contributed by atoms with Crippen molar-refractivity contribution in [1.82, 2.24) is 10.6 Å². The molecule has 0 radical (unpaired) electrons. The van der Waals surface area contributed by atoms with Crippen LogP contribution in [0, 0.1) is 11.8 Å². The molecule has 26 heavy (non-hydrogen) atoms. The van der Waals surface area contributed by atoms with Crippen LogP contribution in [-0.4, -0.2) is 25.0 Å². The molecule has 0 unspecified atom stereocenters. The van der Waals surface area contributed by atoms with Gasteiger partial charge in [0, 0.05) is 18.5 Å². The number of carbonyl (C=O) groups is 1. The van der Waals surface area contributed by atoms with Gasteiger partial charge in [-0.2, -0.15) is 0 Å². The smallest absolute Gasteiger partial charge is 0.223 e. The highest BCUT2D eigenvalue weighted by atomic mass is 16.1. The van der Waals surface area contributed by atoms with E-state index in [1.54, 1.807) is 0 Å². The van der Waals surface area contributed by atoms with Gasteiger partial charge in [0.05, 0.1) is 0 Å².